The number of rotatable bonds is 6. The van der Waals surface area contributed by atoms with E-state index in [9.17, 15) is 14.4 Å². The van der Waals surface area contributed by atoms with Crippen LogP contribution in [-0.2, 0) is 16.2 Å². The molecule has 0 bridgehead atoms. The number of hydrogen-bond acceptors (Lipinski definition) is 5. The van der Waals surface area contributed by atoms with Crippen molar-refractivity contribution in [2.24, 2.45) is 0 Å². The Morgan fingerprint density at radius 1 is 0.875 bits per heavy atom. The van der Waals surface area contributed by atoms with Gasteiger partial charge in [-0.2, -0.15) is 0 Å². The van der Waals surface area contributed by atoms with E-state index in [2.05, 4.69) is 5.32 Å². The Bertz CT molecular complexity index is 1190. The number of methoxy groups -OCH3 is 1. The Hall–Kier alpha value is -4.39. The molecule has 4 rings (SSSR count). The smallest absolute Gasteiger partial charge is 0.335 e. The Labute approximate surface area is 184 Å². The van der Waals surface area contributed by atoms with E-state index < -0.39 is 17.8 Å². The lowest BCUT2D eigenvalue weighted by Crippen LogP contribution is -2.54. The van der Waals surface area contributed by atoms with Crippen LogP contribution < -0.4 is 19.7 Å². The van der Waals surface area contributed by atoms with Gasteiger partial charge in [0, 0.05) is 0 Å². The van der Waals surface area contributed by atoms with Crippen LogP contribution in [0.15, 0.2) is 84.4 Å². The van der Waals surface area contributed by atoms with E-state index in [1.807, 2.05) is 30.3 Å². The molecule has 7 nitrogen and oxygen atoms in total. The van der Waals surface area contributed by atoms with Gasteiger partial charge in [-0.15, -0.1) is 0 Å². The van der Waals surface area contributed by atoms with Crippen molar-refractivity contribution in [3.63, 3.8) is 0 Å². The molecule has 0 saturated carbocycles. The maximum absolute atomic E-state index is 13.0. The number of urea groups is 1. The van der Waals surface area contributed by atoms with E-state index in [1.165, 1.54) is 13.2 Å². The fourth-order valence-corrected chi connectivity index (χ4v) is 3.26. The third-order valence-electron chi connectivity index (χ3n) is 4.85. The van der Waals surface area contributed by atoms with Gasteiger partial charge in [0.2, 0.25) is 0 Å². The van der Waals surface area contributed by atoms with Crippen LogP contribution in [0.2, 0.25) is 0 Å². The van der Waals surface area contributed by atoms with Crippen LogP contribution in [0, 0.1) is 0 Å². The van der Waals surface area contributed by atoms with Gasteiger partial charge < -0.3 is 9.47 Å². The number of anilines is 1. The lowest BCUT2D eigenvalue weighted by atomic mass is 10.1. The summed E-state index contributed by atoms with van der Waals surface area (Å²) in [5, 5.41) is 2.21. The predicted octanol–water partition coefficient (Wildman–Crippen LogP) is 3.94. The number of ether oxygens (including phenoxy) is 2. The molecule has 1 heterocycles. The number of carbonyl (C=O) groups is 3. The average Bonchev–Trinajstić information content (AvgIpc) is 2.82. The third-order valence-corrected chi connectivity index (χ3v) is 4.85. The number of para-hydroxylation sites is 1. The molecule has 0 aliphatic carbocycles. The number of carbonyl (C=O) groups excluding carboxylic acids is 3. The highest BCUT2D eigenvalue weighted by molar-refractivity contribution is 6.39. The summed E-state index contributed by atoms with van der Waals surface area (Å²) in [5.41, 5.74) is 1.77. The lowest BCUT2D eigenvalue weighted by molar-refractivity contribution is -0.122. The highest BCUT2D eigenvalue weighted by Crippen LogP contribution is 2.30. The summed E-state index contributed by atoms with van der Waals surface area (Å²) in [5.74, 6) is -0.474. The first kappa shape index (κ1) is 20.9. The SMILES string of the molecule is COc1cc(/C=C2\C(=O)NC(=O)N(c3ccccc3)C2=O)ccc1OCc1ccccc1. The molecule has 1 saturated heterocycles. The number of amides is 4. The van der Waals surface area contributed by atoms with Gasteiger partial charge in [-0.25, -0.2) is 9.69 Å². The maximum Gasteiger partial charge on any atom is 0.335 e. The van der Waals surface area contributed by atoms with Crippen molar-refractivity contribution in [2.75, 3.05) is 12.0 Å². The molecule has 1 aliphatic rings. The van der Waals surface area contributed by atoms with Crippen molar-refractivity contribution in [3.8, 4) is 11.5 Å². The quantitative estimate of drug-likeness (QED) is 0.475. The Morgan fingerprint density at radius 2 is 1.56 bits per heavy atom. The zero-order chi connectivity index (χ0) is 22.5. The van der Waals surface area contributed by atoms with Crippen LogP contribution in [0.3, 0.4) is 0 Å². The van der Waals surface area contributed by atoms with Crippen molar-refractivity contribution >= 4 is 29.6 Å². The molecule has 0 radical (unpaired) electrons. The molecule has 1 N–H and O–H groups in total. The molecule has 1 fully saturated rings. The molecule has 1 aliphatic heterocycles. The van der Waals surface area contributed by atoms with Crippen LogP contribution in [0.25, 0.3) is 6.08 Å². The summed E-state index contributed by atoms with van der Waals surface area (Å²) in [6.07, 6.45) is 1.42. The van der Waals surface area contributed by atoms with Gasteiger partial charge in [0.25, 0.3) is 11.8 Å². The van der Waals surface area contributed by atoms with E-state index in [1.54, 1.807) is 48.5 Å². The fraction of sp³-hybridized carbons (Fsp3) is 0.0800. The van der Waals surface area contributed by atoms with Crippen molar-refractivity contribution in [3.05, 3.63) is 95.6 Å². The second-order valence-electron chi connectivity index (χ2n) is 6.98. The summed E-state index contributed by atoms with van der Waals surface area (Å²) in [7, 11) is 1.51. The average molecular weight is 428 g/mol. The predicted molar refractivity (Wildman–Crippen MR) is 119 cm³/mol. The molecular weight excluding hydrogens is 408 g/mol. The van der Waals surface area contributed by atoms with Crippen molar-refractivity contribution in [1.29, 1.82) is 0 Å². The highest BCUT2D eigenvalue weighted by atomic mass is 16.5. The van der Waals surface area contributed by atoms with Gasteiger partial charge >= 0.3 is 6.03 Å². The Kier molecular flexibility index (Phi) is 5.98. The molecule has 3 aromatic carbocycles. The standard InChI is InChI=1S/C25H20N2O5/c1-31-22-15-18(12-13-21(22)32-16-17-8-4-2-5-9-17)14-20-23(28)26-25(30)27(24(20)29)19-10-6-3-7-11-19/h2-15H,16H2,1H3,(H,26,28,30)/b20-14+. The normalized spacial score (nSPS) is 15.0. The highest BCUT2D eigenvalue weighted by Gasteiger charge is 2.36. The number of nitrogens with zero attached hydrogens (tertiary/aromatic N) is 1. The second kappa shape index (κ2) is 9.18. The summed E-state index contributed by atoms with van der Waals surface area (Å²) in [4.78, 5) is 38.5. The van der Waals surface area contributed by atoms with Gasteiger partial charge in [-0.1, -0.05) is 54.6 Å². The number of benzene rings is 3. The summed E-state index contributed by atoms with van der Waals surface area (Å²) in [6, 6.07) is 22.4. The largest absolute Gasteiger partial charge is 0.493 e. The second-order valence-corrected chi connectivity index (χ2v) is 6.98. The van der Waals surface area contributed by atoms with E-state index in [-0.39, 0.29) is 5.57 Å². The zero-order valence-corrected chi connectivity index (χ0v) is 17.3. The van der Waals surface area contributed by atoms with Crippen LogP contribution in [0.4, 0.5) is 10.5 Å². The molecule has 0 unspecified atom stereocenters. The number of imide groups is 2. The van der Waals surface area contributed by atoms with E-state index >= 15 is 0 Å². The zero-order valence-electron chi connectivity index (χ0n) is 17.3. The summed E-state index contributed by atoms with van der Waals surface area (Å²) in [6.45, 7) is 0.368. The fourth-order valence-electron chi connectivity index (χ4n) is 3.26. The maximum atomic E-state index is 13.0. The lowest BCUT2D eigenvalue weighted by Gasteiger charge is -2.26. The van der Waals surface area contributed by atoms with Gasteiger partial charge in [0.15, 0.2) is 11.5 Å². The van der Waals surface area contributed by atoms with Crippen molar-refractivity contribution in [2.45, 2.75) is 6.61 Å². The molecule has 3 aromatic rings. The number of barbiturate groups is 1. The first-order chi connectivity index (χ1) is 15.6. The van der Waals surface area contributed by atoms with Gasteiger partial charge in [-0.3, -0.25) is 14.9 Å². The van der Waals surface area contributed by atoms with Gasteiger partial charge in [0.1, 0.15) is 12.2 Å². The minimum absolute atomic E-state index is 0.159. The van der Waals surface area contributed by atoms with Gasteiger partial charge in [0.05, 0.1) is 12.8 Å². The first-order valence-electron chi connectivity index (χ1n) is 9.88. The van der Waals surface area contributed by atoms with Crippen LogP contribution in [0.1, 0.15) is 11.1 Å². The molecular formula is C25H20N2O5. The molecule has 160 valence electrons. The third kappa shape index (κ3) is 4.37. The minimum atomic E-state index is -0.786. The topological polar surface area (TPSA) is 84.9 Å². The van der Waals surface area contributed by atoms with E-state index in [0.717, 1.165) is 10.5 Å². The molecule has 4 amide bonds. The van der Waals surface area contributed by atoms with Crippen molar-refractivity contribution in [1.82, 2.24) is 5.32 Å². The van der Waals surface area contributed by atoms with Gasteiger partial charge in [-0.05, 0) is 41.5 Å². The molecule has 0 aromatic heterocycles. The number of hydrogen-bond donors (Lipinski definition) is 1. The summed E-state index contributed by atoms with van der Waals surface area (Å²) >= 11 is 0. The molecule has 0 spiro atoms. The van der Waals surface area contributed by atoms with E-state index in [0.29, 0.717) is 29.4 Å². The van der Waals surface area contributed by atoms with Crippen LogP contribution >= 0.6 is 0 Å². The van der Waals surface area contributed by atoms with Crippen molar-refractivity contribution < 1.29 is 23.9 Å². The number of nitrogens with one attached hydrogen (secondary N) is 1. The summed E-state index contributed by atoms with van der Waals surface area (Å²) < 4.78 is 11.3. The minimum Gasteiger partial charge on any atom is -0.493 e. The first-order valence-corrected chi connectivity index (χ1v) is 9.88. The molecule has 32 heavy (non-hydrogen) atoms. The van der Waals surface area contributed by atoms with E-state index in [4.69, 9.17) is 9.47 Å². The Morgan fingerprint density at radius 3 is 2.25 bits per heavy atom. The van der Waals surface area contributed by atoms with Crippen LogP contribution in [0.5, 0.6) is 11.5 Å². The molecule has 0 atom stereocenters. The Balaban J connectivity index is 1.59. The molecule has 7 heteroatoms. The monoisotopic (exact) mass is 428 g/mol. The van der Waals surface area contributed by atoms with Crippen LogP contribution in [-0.4, -0.2) is 25.0 Å².